The van der Waals surface area contributed by atoms with Gasteiger partial charge in [0.1, 0.15) is 23.9 Å². The summed E-state index contributed by atoms with van der Waals surface area (Å²) >= 11 is 3.43. The van der Waals surface area contributed by atoms with Crippen LogP contribution in [-0.4, -0.2) is 19.2 Å². The minimum Gasteiger partial charge on any atom is -0.496 e. The van der Waals surface area contributed by atoms with Crippen molar-refractivity contribution in [3.05, 3.63) is 106 Å². The average Bonchev–Trinajstić information content (AvgIpc) is 2.82. The monoisotopic (exact) mass is 506 g/mol. The van der Waals surface area contributed by atoms with Crippen LogP contribution in [0.25, 0.3) is 10.8 Å². The van der Waals surface area contributed by atoms with Gasteiger partial charge in [-0.1, -0.05) is 52.3 Å². The molecule has 1 amide bonds. The molecular weight excluding hydrogens is 487 g/mol. The van der Waals surface area contributed by atoms with Crippen molar-refractivity contribution < 1.29 is 18.7 Å². The molecule has 0 aliphatic rings. The summed E-state index contributed by atoms with van der Waals surface area (Å²) < 4.78 is 25.5. The molecule has 0 atom stereocenters. The molecule has 0 aromatic heterocycles. The van der Waals surface area contributed by atoms with Crippen LogP contribution in [-0.2, 0) is 6.61 Å². The molecular formula is C26H20BrFN2O3. The van der Waals surface area contributed by atoms with Gasteiger partial charge in [0.05, 0.1) is 18.9 Å². The number of halogens is 2. The number of carbonyl (C=O) groups excluding carboxylic acids is 1. The lowest BCUT2D eigenvalue weighted by Gasteiger charge is -2.10. The maximum atomic E-state index is 13.4. The second kappa shape index (κ2) is 10.3. The van der Waals surface area contributed by atoms with Gasteiger partial charge in [-0.2, -0.15) is 5.10 Å². The Bertz CT molecular complexity index is 1340. The van der Waals surface area contributed by atoms with Gasteiger partial charge in [-0.3, -0.25) is 4.79 Å². The number of hydrogen-bond acceptors (Lipinski definition) is 4. The van der Waals surface area contributed by atoms with Crippen molar-refractivity contribution in [1.29, 1.82) is 0 Å². The molecule has 0 saturated carbocycles. The summed E-state index contributed by atoms with van der Waals surface area (Å²) in [5.74, 6) is 0.290. The van der Waals surface area contributed by atoms with Crippen LogP contribution in [0, 0.1) is 5.82 Å². The van der Waals surface area contributed by atoms with Gasteiger partial charge < -0.3 is 9.47 Å². The second-order valence-corrected chi connectivity index (χ2v) is 8.12. The highest BCUT2D eigenvalue weighted by Gasteiger charge is 2.13. The Morgan fingerprint density at radius 1 is 1.00 bits per heavy atom. The van der Waals surface area contributed by atoms with Crippen LogP contribution in [0.15, 0.2) is 88.4 Å². The largest absolute Gasteiger partial charge is 0.496 e. The number of ether oxygens (including phenoxy) is 2. The zero-order valence-electron chi connectivity index (χ0n) is 17.7. The molecule has 5 nitrogen and oxygen atoms in total. The summed E-state index contributed by atoms with van der Waals surface area (Å²) in [5.41, 5.74) is 4.28. The first kappa shape index (κ1) is 22.5. The fraction of sp³-hybridized carbons (Fsp3) is 0.0769. The van der Waals surface area contributed by atoms with Crippen molar-refractivity contribution >= 4 is 38.8 Å². The lowest BCUT2D eigenvalue weighted by Crippen LogP contribution is -2.18. The maximum absolute atomic E-state index is 13.4. The molecule has 0 aliphatic heterocycles. The molecule has 0 aliphatic carbocycles. The van der Waals surface area contributed by atoms with Gasteiger partial charge in [-0.15, -0.1) is 0 Å². The fourth-order valence-corrected chi connectivity index (χ4v) is 3.70. The number of carbonyl (C=O) groups is 1. The molecule has 4 aromatic carbocycles. The third kappa shape index (κ3) is 5.56. The van der Waals surface area contributed by atoms with Crippen LogP contribution in [0.2, 0.25) is 0 Å². The van der Waals surface area contributed by atoms with E-state index in [2.05, 4.69) is 26.5 Å². The van der Waals surface area contributed by atoms with E-state index >= 15 is 0 Å². The Labute approximate surface area is 199 Å². The van der Waals surface area contributed by atoms with Crippen LogP contribution in [0.4, 0.5) is 4.39 Å². The van der Waals surface area contributed by atoms with Crippen LogP contribution < -0.4 is 14.9 Å². The van der Waals surface area contributed by atoms with Crippen LogP contribution in [0.1, 0.15) is 21.5 Å². The zero-order valence-corrected chi connectivity index (χ0v) is 19.3. The number of methoxy groups -OCH3 is 1. The number of nitrogens with one attached hydrogen (secondary N) is 1. The molecule has 4 rings (SSSR count). The van der Waals surface area contributed by atoms with Crippen molar-refractivity contribution in [1.82, 2.24) is 5.43 Å². The number of hydrogen-bond donors (Lipinski definition) is 1. The summed E-state index contributed by atoms with van der Waals surface area (Å²) in [5, 5.41) is 6.00. The van der Waals surface area contributed by atoms with Gasteiger partial charge in [0.25, 0.3) is 5.91 Å². The molecule has 7 heteroatoms. The molecule has 0 bridgehead atoms. The van der Waals surface area contributed by atoms with E-state index in [1.807, 2.05) is 42.5 Å². The number of hydrazone groups is 1. The van der Waals surface area contributed by atoms with Gasteiger partial charge in [0, 0.05) is 10.0 Å². The number of rotatable bonds is 7. The topological polar surface area (TPSA) is 59.9 Å². The standard InChI is InChI=1S/C26H20BrFN2O3/c1-32-25-14-19-7-3-2-6-18(19)13-23(25)26(31)30-29-15-20-12-21(27)9-10-24(20)33-16-17-5-4-8-22(28)11-17/h2-15H,16H2,1H3,(H,30,31)/b29-15-. The highest BCUT2D eigenvalue weighted by molar-refractivity contribution is 9.10. The number of fused-ring (bicyclic) bond motifs is 1. The maximum Gasteiger partial charge on any atom is 0.275 e. The number of amides is 1. The summed E-state index contributed by atoms with van der Waals surface area (Å²) in [6.45, 7) is 0.195. The second-order valence-electron chi connectivity index (χ2n) is 7.20. The Morgan fingerprint density at radius 2 is 1.79 bits per heavy atom. The predicted octanol–water partition coefficient (Wildman–Crippen LogP) is 6.09. The first-order chi connectivity index (χ1) is 16.0. The van der Waals surface area contributed by atoms with Gasteiger partial charge in [0.15, 0.2) is 0 Å². The van der Waals surface area contributed by atoms with Crippen molar-refractivity contribution in [2.24, 2.45) is 5.10 Å². The normalized spacial score (nSPS) is 11.0. The van der Waals surface area contributed by atoms with Gasteiger partial charge in [0.2, 0.25) is 0 Å². The molecule has 166 valence electrons. The van der Waals surface area contributed by atoms with E-state index in [1.54, 1.807) is 24.3 Å². The van der Waals surface area contributed by atoms with Crippen molar-refractivity contribution in [2.75, 3.05) is 7.11 Å². The smallest absolute Gasteiger partial charge is 0.275 e. The van der Waals surface area contributed by atoms with E-state index in [4.69, 9.17) is 9.47 Å². The predicted molar refractivity (Wildman–Crippen MR) is 130 cm³/mol. The van der Waals surface area contributed by atoms with E-state index in [1.165, 1.54) is 25.5 Å². The molecule has 4 aromatic rings. The lowest BCUT2D eigenvalue weighted by atomic mass is 10.1. The average molecular weight is 507 g/mol. The highest BCUT2D eigenvalue weighted by atomic mass is 79.9. The number of nitrogens with zero attached hydrogens (tertiary/aromatic N) is 1. The molecule has 0 radical (unpaired) electrons. The van der Waals surface area contributed by atoms with Crippen molar-refractivity contribution in [3.8, 4) is 11.5 Å². The first-order valence-electron chi connectivity index (χ1n) is 10.1. The van der Waals surface area contributed by atoms with Crippen molar-refractivity contribution in [2.45, 2.75) is 6.61 Å². The minimum absolute atomic E-state index is 0.195. The third-order valence-corrected chi connectivity index (χ3v) is 5.43. The molecule has 1 N–H and O–H groups in total. The Kier molecular flexibility index (Phi) is 7.00. The van der Waals surface area contributed by atoms with E-state index < -0.39 is 5.91 Å². The van der Waals surface area contributed by atoms with Crippen LogP contribution >= 0.6 is 15.9 Å². The van der Waals surface area contributed by atoms with E-state index in [0.29, 0.717) is 28.2 Å². The van der Waals surface area contributed by atoms with E-state index in [9.17, 15) is 9.18 Å². The van der Waals surface area contributed by atoms with Crippen molar-refractivity contribution in [3.63, 3.8) is 0 Å². The molecule has 0 fully saturated rings. The quantitative estimate of drug-likeness (QED) is 0.243. The zero-order chi connectivity index (χ0) is 23.2. The SMILES string of the molecule is COc1cc2ccccc2cc1C(=O)N/N=C\c1cc(Br)ccc1OCc1cccc(F)c1. The minimum atomic E-state index is -0.397. The lowest BCUT2D eigenvalue weighted by molar-refractivity contribution is 0.0952. The Balaban J connectivity index is 1.50. The molecule has 0 unspecified atom stereocenters. The van der Waals surface area contributed by atoms with Gasteiger partial charge >= 0.3 is 0 Å². The Morgan fingerprint density at radius 3 is 2.55 bits per heavy atom. The summed E-state index contributed by atoms with van der Waals surface area (Å²) in [4.78, 5) is 12.8. The van der Waals surface area contributed by atoms with Crippen LogP contribution in [0.5, 0.6) is 11.5 Å². The first-order valence-corrected chi connectivity index (χ1v) is 10.9. The molecule has 0 heterocycles. The molecule has 0 saturated heterocycles. The van der Waals surface area contributed by atoms with E-state index in [-0.39, 0.29) is 12.4 Å². The summed E-state index contributed by atoms with van der Waals surface area (Å²) in [6.07, 6.45) is 1.50. The summed E-state index contributed by atoms with van der Waals surface area (Å²) in [7, 11) is 1.52. The summed E-state index contributed by atoms with van der Waals surface area (Å²) in [6, 6.07) is 23.0. The highest BCUT2D eigenvalue weighted by Crippen LogP contribution is 2.26. The van der Waals surface area contributed by atoms with Gasteiger partial charge in [-0.05, 0) is 58.8 Å². The number of benzene rings is 4. The fourth-order valence-electron chi connectivity index (χ4n) is 3.33. The van der Waals surface area contributed by atoms with Crippen LogP contribution in [0.3, 0.4) is 0 Å². The van der Waals surface area contributed by atoms with E-state index in [0.717, 1.165) is 15.2 Å². The third-order valence-electron chi connectivity index (χ3n) is 4.94. The Hall–Kier alpha value is -3.71. The molecule has 0 spiro atoms. The van der Waals surface area contributed by atoms with Gasteiger partial charge in [-0.25, -0.2) is 9.82 Å². The molecule has 33 heavy (non-hydrogen) atoms.